The van der Waals surface area contributed by atoms with Crippen LogP contribution in [0.3, 0.4) is 0 Å². The lowest BCUT2D eigenvalue weighted by Crippen LogP contribution is -2.15. The van der Waals surface area contributed by atoms with Crippen LogP contribution in [0.1, 0.15) is 47.9 Å². The maximum absolute atomic E-state index is 14.5. The maximum Gasteiger partial charge on any atom is 0.131 e. The van der Waals surface area contributed by atoms with Gasteiger partial charge in [0.1, 0.15) is 5.82 Å². The first-order chi connectivity index (χ1) is 10.2. The van der Waals surface area contributed by atoms with Crippen LogP contribution in [0.4, 0.5) is 4.39 Å². The highest BCUT2D eigenvalue weighted by Crippen LogP contribution is 2.46. The molecule has 0 heterocycles. The summed E-state index contributed by atoms with van der Waals surface area (Å²) >= 11 is 0. The van der Waals surface area contributed by atoms with Crippen molar-refractivity contribution in [3.05, 3.63) is 82.7 Å². The summed E-state index contributed by atoms with van der Waals surface area (Å²) in [7, 11) is 0. The predicted molar refractivity (Wildman–Crippen MR) is 85.4 cm³/mol. The molecule has 0 spiro atoms. The van der Waals surface area contributed by atoms with Crippen molar-refractivity contribution in [1.29, 1.82) is 0 Å². The third-order valence-corrected chi connectivity index (χ3v) is 4.90. The van der Waals surface area contributed by atoms with Crippen LogP contribution >= 0.6 is 0 Å². The zero-order valence-electron chi connectivity index (χ0n) is 12.2. The number of hydrogen-bond donors (Lipinski definition) is 0. The van der Waals surface area contributed by atoms with E-state index >= 15 is 0 Å². The first-order valence-corrected chi connectivity index (χ1v) is 7.48. The number of rotatable bonds is 0. The van der Waals surface area contributed by atoms with Gasteiger partial charge in [0.15, 0.2) is 0 Å². The summed E-state index contributed by atoms with van der Waals surface area (Å²) in [6.07, 6.45) is 0. The Hall–Kier alpha value is -2.15. The summed E-state index contributed by atoms with van der Waals surface area (Å²) in [5, 5.41) is 1.79. The quantitative estimate of drug-likeness (QED) is 0.501. The van der Waals surface area contributed by atoms with Gasteiger partial charge in [-0.05, 0) is 33.7 Å². The molecule has 0 saturated carbocycles. The maximum atomic E-state index is 14.5. The van der Waals surface area contributed by atoms with Gasteiger partial charge in [0.2, 0.25) is 0 Å². The Morgan fingerprint density at radius 3 is 2.00 bits per heavy atom. The van der Waals surface area contributed by atoms with Gasteiger partial charge in [0.05, 0.1) is 0 Å². The van der Waals surface area contributed by atoms with Crippen molar-refractivity contribution in [3.63, 3.8) is 0 Å². The third-order valence-electron chi connectivity index (χ3n) is 4.90. The van der Waals surface area contributed by atoms with Crippen molar-refractivity contribution in [2.45, 2.75) is 25.7 Å². The van der Waals surface area contributed by atoms with Crippen LogP contribution < -0.4 is 0 Å². The second-order valence-electron chi connectivity index (χ2n) is 5.98. The number of hydrogen-bond acceptors (Lipinski definition) is 0. The van der Waals surface area contributed by atoms with E-state index in [1.807, 2.05) is 18.2 Å². The summed E-state index contributed by atoms with van der Waals surface area (Å²) < 4.78 is 14.5. The summed E-state index contributed by atoms with van der Waals surface area (Å²) in [6, 6.07) is 18.1. The fourth-order valence-electron chi connectivity index (χ4n) is 3.84. The SMILES string of the molecule is C[C@H]1c2ccccc2[C@@H](C)c2c1cc(F)c1ccccc21. The Balaban J connectivity index is 2.11. The standard InChI is InChI=1S/C20H17F/c1-12-14-7-3-4-8-15(14)13(2)20-17-10-6-5-9-16(17)19(21)11-18(12)20/h3-13H,1-2H3/t12-,13+/m0/s1. The van der Waals surface area contributed by atoms with Crippen molar-refractivity contribution in [3.8, 4) is 0 Å². The van der Waals surface area contributed by atoms with Gasteiger partial charge >= 0.3 is 0 Å². The molecule has 2 atom stereocenters. The minimum Gasteiger partial charge on any atom is -0.206 e. The van der Waals surface area contributed by atoms with Crippen LogP contribution in [0.15, 0.2) is 54.6 Å². The van der Waals surface area contributed by atoms with E-state index in [2.05, 4.69) is 44.2 Å². The van der Waals surface area contributed by atoms with E-state index in [1.165, 1.54) is 16.7 Å². The van der Waals surface area contributed by atoms with Crippen LogP contribution in [0.25, 0.3) is 10.8 Å². The van der Waals surface area contributed by atoms with E-state index in [1.54, 1.807) is 6.07 Å². The number of benzene rings is 3. The summed E-state index contributed by atoms with van der Waals surface area (Å²) in [5.41, 5.74) is 5.12. The largest absolute Gasteiger partial charge is 0.206 e. The molecule has 3 aromatic rings. The van der Waals surface area contributed by atoms with Gasteiger partial charge in [-0.2, -0.15) is 0 Å². The first-order valence-electron chi connectivity index (χ1n) is 7.48. The predicted octanol–water partition coefficient (Wildman–Crippen LogP) is 5.60. The van der Waals surface area contributed by atoms with E-state index < -0.39 is 0 Å². The Labute approximate surface area is 124 Å². The molecule has 104 valence electrons. The molecule has 21 heavy (non-hydrogen) atoms. The van der Waals surface area contributed by atoms with Crippen LogP contribution in [-0.4, -0.2) is 0 Å². The van der Waals surface area contributed by atoms with Crippen molar-refractivity contribution in [2.75, 3.05) is 0 Å². The molecule has 0 bridgehead atoms. The zero-order chi connectivity index (χ0) is 14.6. The van der Waals surface area contributed by atoms with Crippen molar-refractivity contribution in [2.24, 2.45) is 0 Å². The molecule has 1 aliphatic rings. The Bertz CT molecular complexity index is 848. The van der Waals surface area contributed by atoms with E-state index in [-0.39, 0.29) is 11.7 Å². The fourth-order valence-corrected chi connectivity index (χ4v) is 3.84. The van der Waals surface area contributed by atoms with Crippen molar-refractivity contribution in [1.82, 2.24) is 0 Å². The lowest BCUT2D eigenvalue weighted by Gasteiger charge is -2.32. The van der Waals surface area contributed by atoms with Crippen LogP contribution in [0.5, 0.6) is 0 Å². The average molecular weight is 276 g/mol. The van der Waals surface area contributed by atoms with E-state index in [4.69, 9.17) is 0 Å². The highest BCUT2D eigenvalue weighted by atomic mass is 19.1. The monoisotopic (exact) mass is 276 g/mol. The molecule has 4 rings (SSSR count). The van der Waals surface area contributed by atoms with Gasteiger partial charge in [0.25, 0.3) is 0 Å². The molecule has 0 aromatic heterocycles. The second-order valence-corrected chi connectivity index (χ2v) is 5.98. The molecule has 0 aliphatic heterocycles. The second kappa shape index (κ2) is 4.42. The smallest absolute Gasteiger partial charge is 0.131 e. The van der Waals surface area contributed by atoms with Gasteiger partial charge in [-0.1, -0.05) is 62.4 Å². The normalized spacial score (nSPS) is 20.1. The molecule has 1 heteroatoms. The molecule has 0 unspecified atom stereocenters. The summed E-state index contributed by atoms with van der Waals surface area (Å²) in [5.74, 6) is 0.437. The number of fused-ring (bicyclic) bond motifs is 4. The van der Waals surface area contributed by atoms with Crippen LogP contribution in [0, 0.1) is 5.82 Å². The minimum atomic E-state index is -0.109. The molecule has 0 nitrogen and oxygen atoms in total. The highest BCUT2D eigenvalue weighted by molar-refractivity contribution is 5.89. The Morgan fingerprint density at radius 1 is 0.714 bits per heavy atom. The first kappa shape index (κ1) is 12.6. The van der Waals surface area contributed by atoms with Gasteiger partial charge < -0.3 is 0 Å². The van der Waals surface area contributed by atoms with Crippen molar-refractivity contribution < 1.29 is 4.39 Å². The molecular formula is C20H17F. The van der Waals surface area contributed by atoms with Crippen molar-refractivity contribution >= 4 is 10.8 Å². The Kier molecular flexibility index (Phi) is 2.65. The molecular weight excluding hydrogens is 259 g/mol. The minimum absolute atomic E-state index is 0.109. The lowest BCUT2D eigenvalue weighted by molar-refractivity contribution is 0.632. The molecule has 0 radical (unpaired) electrons. The van der Waals surface area contributed by atoms with Gasteiger partial charge in [-0.3, -0.25) is 0 Å². The highest BCUT2D eigenvalue weighted by Gasteiger charge is 2.29. The van der Waals surface area contributed by atoms with Crippen LogP contribution in [0.2, 0.25) is 0 Å². The average Bonchev–Trinajstić information content (AvgIpc) is 2.53. The van der Waals surface area contributed by atoms with Gasteiger partial charge in [-0.15, -0.1) is 0 Å². The van der Waals surface area contributed by atoms with E-state index in [0.29, 0.717) is 5.92 Å². The molecule has 0 N–H and O–H groups in total. The van der Waals surface area contributed by atoms with Gasteiger partial charge in [0, 0.05) is 17.2 Å². The molecule has 0 amide bonds. The van der Waals surface area contributed by atoms with Crippen LogP contribution in [-0.2, 0) is 0 Å². The number of halogens is 1. The molecule has 0 fully saturated rings. The lowest BCUT2D eigenvalue weighted by atomic mass is 9.72. The topological polar surface area (TPSA) is 0 Å². The molecule has 3 aromatic carbocycles. The van der Waals surface area contributed by atoms with E-state index in [0.717, 1.165) is 16.3 Å². The summed E-state index contributed by atoms with van der Waals surface area (Å²) in [4.78, 5) is 0. The fraction of sp³-hybridized carbons (Fsp3) is 0.200. The van der Waals surface area contributed by atoms with Gasteiger partial charge in [-0.25, -0.2) is 4.39 Å². The molecule has 0 saturated heterocycles. The molecule has 1 aliphatic carbocycles. The zero-order valence-corrected chi connectivity index (χ0v) is 12.2. The third kappa shape index (κ3) is 1.67. The summed E-state index contributed by atoms with van der Waals surface area (Å²) in [6.45, 7) is 4.41. The van der Waals surface area contributed by atoms with E-state index in [9.17, 15) is 4.39 Å². The Morgan fingerprint density at radius 2 is 1.29 bits per heavy atom.